The van der Waals surface area contributed by atoms with E-state index in [2.05, 4.69) is 5.32 Å². The highest BCUT2D eigenvalue weighted by Gasteiger charge is 2.17. The zero-order valence-corrected chi connectivity index (χ0v) is 17.1. The fourth-order valence-corrected chi connectivity index (χ4v) is 2.51. The summed E-state index contributed by atoms with van der Waals surface area (Å²) < 4.78 is 15.8. The quantitative estimate of drug-likeness (QED) is 0.651. The molecule has 1 unspecified atom stereocenters. The van der Waals surface area contributed by atoms with Crippen LogP contribution in [0.2, 0.25) is 5.02 Å². The smallest absolute Gasteiger partial charge is 0.347 e. The Morgan fingerprint density at radius 1 is 1.07 bits per heavy atom. The number of halogens is 1. The summed E-state index contributed by atoms with van der Waals surface area (Å²) in [6.07, 6.45) is -0.736. The van der Waals surface area contributed by atoms with Gasteiger partial charge < -0.3 is 19.5 Å². The number of ether oxygens (including phenoxy) is 3. The predicted molar refractivity (Wildman–Crippen MR) is 108 cm³/mol. The van der Waals surface area contributed by atoms with Gasteiger partial charge in [-0.15, -0.1) is 0 Å². The summed E-state index contributed by atoms with van der Waals surface area (Å²) in [6, 6.07) is 11.5. The van der Waals surface area contributed by atoms with Gasteiger partial charge in [0.25, 0.3) is 5.91 Å². The van der Waals surface area contributed by atoms with E-state index >= 15 is 0 Å². The van der Waals surface area contributed by atoms with E-state index in [1.54, 1.807) is 49.4 Å². The molecule has 28 heavy (non-hydrogen) atoms. The predicted octanol–water partition coefficient (Wildman–Crippen LogP) is 4.57. The highest BCUT2D eigenvalue weighted by molar-refractivity contribution is 6.32. The molecule has 0 fully saturated rings. The largest absolute Gasteiger partial charge is 0.495 e. The van der Waals surface area contributed by atoms with E-state index in [4.69, 9.17) is 25.8 Å². The molecule has 2 aromatic rings. The second kappa shape index (κ2) is 9.99. The molecule has 0 aromatic heterocycles. The van der Waals surface area contributed by atoms with Crippen LogP contribution in [0.4, 0.5) is 5.69 Å². The molecule has 0 spiro atoms. The van der Waals surface area contributed by atoms with Crippen LogP contribution in [-0.2, 0) is 9.53 Å². The Hall–Kier alpha value is -2.73. The monoisotopic (exact) mass is 405 g/mol. The number of anilines is 1. The molecule has 0 aliphatic heterocycles. The maximum Gasteiger partial charge on any atom is 0.347 e. The lowest BCUT2D eigenvalue weighted by Crippen LogP contribution is -2.27. The second-order valence-electron chi connectivity index (χ2n) is 6.61. The van der Waals surface area contributed by atoms with Gasteiger partial charge in [0.15, 0.2) is 6.10 Å². The van der Waals surface area contributed by atoms with E-state index in [0.717, 1.165) is 0 Å². The molecule has 7 heteroatoms. The third-order valence-electron chi connectivity index (χ3n) is 3.73. The average Bonchev–Trinajstić information content (AvgIpc) is 2.66. The van der Waals surface area contributed by atoms with Crippen molar-refractivity contribution in [2.45, 2.75) is 26.9 Å². The topological polar surface area (TPSA) is 73.9 Å². The number of methoxy groups -OCH3 is 1. The van der Waals surface area contributed by atoms with Gasteiger partial charge in [0.05, 0.1) is 18.7 Å². The molecular weight excluding hydrogens is 382 g/mol. The number of benzene rings is 2. The van der Waals surface area contributed by atoms with Crippen LogP contribution in [0.25, 0.3) is 0 Å². The molecule has 2 rings (SSSR count). The number of amides is 1. The molecule has 6 nitrogen and oxygen atoms in total. The number of carbonyl (C=O) groups excluding carboxylic acids is 2. The first-order valence-electron chi connectivity index (χ1n) is 8.88. The fourth-order valence-electron chi connectivity index (χ4n) is 2.25. The van der Waals surface area contributed by atoms with Crippen LogP contribution in [-0.4, -0.2) is 31.7 Å². The minimum absolute atomic E-state index is 0.259. The van der Waals surface area contributed by atoms with Gasteiger partial charge in [-0.05, 0) is 55.3 Å². The van der Waals surface area contributed by atoms with Gasteiger partial charge in [0.1, 0.15) is 11.5 Å². The summed E-state index contributed by atoms with van der Waals surface area (Å²) >= 11 is 6.06. The molecule has 0 aliphatic rings. The summed E-state index contributed by atoms with van der Waals surface area (Å²) in [5, 5.41) is 3.17. The lowest BCUT2D eigenvalue weighted by molar-refractivity contribution is -0.152. The molecule has 2 aromatic carbocycles. The molecule has 0 saturated carbocycles. The molecule has 1 N–H and O–H groups in total. The summed E-state index contributed by atoms with van der Waals surface area (Å²) in [4.78, 5) is 24.2. The summed E-state index contributed by atoms with van der Waals surface area (Å²) in [5.41, 5.74) is 0.993. The maximum atomic E-state index is 12.4. The van der Waals surface area contributed by atoms with E-state index in [1.807, 2.05) is 13.8 Å². The first-order valence-corrected chi connectivity index (χ1v) is 9.26. The minimum Gasteiger partial charge on any atom is -0.495 e. The molecule has 150 valence electrons. The SMILES string of the molecule is COc1ccc(NC(=O)c2ccc(OC(C)C(=O)OCC(C)C)cc2)cc1Cl. The van der Waals surface area contributed by atoms with Gasteiger partial charge >= 0.3 is 5.97 Å². The molecule has 1 atom stereocenters. The number of esters is 1. The molecule has 1 amide bonds. The van der Waals surface area contributed by atoms with Gasteiger partial charge in [-0.3, -0.25) is 4.79 Å². The summed E-state index contributed by atoms with van der Waals surface area (Å²) in [6.45, 7) is 5.89. The Bertz CT molecular complexity index is 820. The Morgan fingerprint density at radius 3 is 2.32 bits per heavy atom. The van der Waals surface area contributed by atoms with Crippen molar-refractivity contribution < 1.29 is 23.8 Å². The van der Waals surface area contributed by atoms with Gasteiger partial charge in [0, 0.05) is 11.3 Å². The van der Waals surface area contributed by atoms with E-state index in [0.29, 0.717) is 34.4 Å². The van der Waals surface area contributed by atoms with Crippen LogP contribution in [0, 0.1) is 5.92 Å². The van der Waals surface area contributed by atoms with Crippen molar-refractivity contribution in [1.29, 1.82) is 0 Å². The molecule has 0 heterocycles. The van der Waals surface area contributed by atoms with Gasteiger partial charge in [-0.1, -0.05) is 25.4 Å². The molecule has 0 saturated heterocycles. The van der Waals surface area contributed by atoms with Crippen LogP contribution in [0.5, 0.6) is 11.5 Å². The Labute approximate surface area is 169 Å². The van der Waals surface area contributed by atoms with Crippen molar-refractivity contribution in [3.8, 4) is 11.5 Å². The normalized spacial score (nSPS) is 11.6. The maximum absolute atomic E-state index is 12.4. The lowest BCUT2D eigenvalue weighted by atomic mass is 10.2. The van der Waals surface area contributed by atoms with E-state index in [1.165, 1.54) is 7.11 Å². The average molecular weight is 406 g/mol. The van der Waals surface area contributed by atoms with Gasteiger partial charge in [0.2, 0.25) is 0 Å². The molecule has 0 bridgehead atoms. The molecular formula is C21H24ClNO5. The third-order valence-corrected chi connectivity index (χ3v) is 4.03. The van der Waals surface area contributed by atoms with Crippen LogP contribution in [0.15, 0.2) is 42.5 Å². The van der Waals surface area contributed by atoms with Crippen molar-refractivity contribution >= 4 is 29.2 Å². The van der Waals surface area contributed by atoms with Crippen LogP contribution in [0.3, 0.4) is 0 Å². The zero-order chi connectivity index (χ0) is 20.7. The van der Waals surface area contributed by atoms with Crippen LogP contribution >= 0.6 is 11.6 Å². The standard InChI is InChI=1S/C21H24ClNO5/c1-13(2)12-27-21(25)14(3)28-17-8-5-15(6-9-17)20(24)23-16-7-10-19(26-4)18(22)11-16/h5-11,13-14H,12H2,1-4H3,(H,23,24). The van der Waals surface area contributed by atoms with Crippen molar-refractivity contribution in [1.82, 2.24) is 0 Å². The fraction of sp³-hybridized carbons (Fsp3) is 0.333. The number of rotatable bonds is 8. The number of hydrogen-bond acceptors (Lipinski definition) is 5. The first-order chi connectivity index (χ1) is 13.3. The summed E-state index contributed by atoms with van der Waals surface area (Å²) in [5.74, 6) is 0.541. The Kier molecular flexibility index (Phi) is 7.70. The number of hydrogen-bond donors (Lipinski definition) is 1. The highest BCUT2D eigenvalue weighted by Crippen LogP contribution is 2.27. The van der Waals surface area contributed by atoms with Crippen molar-refractivity contribution in [3.63, 3.8) is 0 Å². The zero-order valence-electron chi connectivity index (χ0n) is 16.3. The second-order valence-corrected chi connectivity index (χ2v) is 7.02. The van der Waals surface area contributed by atoms with Gasteiger partial charge in [-0.25, -0.2) is 4.79 Å². The van der Waals surface area contributed by atoms with E-state index in [9.17, 15) is 9.59 Å². The number of nitrogens with one attached hydrogen (secondary N) is 1. The van der Waals surface area contributed by atoms with E-state index in [-0.39, 0.29) is 11.8 Å². The molecule has 0 radical (unpaired) electrons. The van der Waals surface area contributed by atoms with Crippen LogP contribution < -0.4 is 14.8 Å². The van der Waals surface area contributed by atoms with Gasteiger partial charge in [-0.2, -0.15) is 0 Å². The third kappa shape index (κ3) is 6.16. The van der Waals surface area contributed by atoms with Crippen molar-refractivity contribution in [2.75, 3.05) is 19.0 Å². The van der Waals surface area contributed by atoms with Crippen molar-refractivity contribution in [2.24, 2.45) is 5.92 Å². The van der Waals surface area contributed by atoms with Crippen molar-refractivity contribution in [3.05, 3.63) is 53.1 Å². The van der Waals surface area contributed by atoms with E-state index < -0.39 is 12.1 Å². The minimum atomic E-state index is -0.736. The Balaban J connectivity index is 1.95. The summed E-state index contributed by atoms with van der Waals surface area (Å²) in [7, 11) is 1.52. The Morgan fingerprint density at radius 2 is 1.75 bits per heavy atom. The number of carbonyl (C=O) groups is 2. The lowest BCUT2D eigenvalue weighted by Gasteiger charge is -2.15. The highest BCUT2D eigenvalue weighted by atomic mass is 35.5. The van der Waals surface area contributed by atoms with Crippen LogP contribution in [0.1, 0.15) is 31.1 Å². The first kappa shape index (κ1) is 21.6. The molecule has 0 aliphatic carbocycles.